The average Bonchev–Trinajstić information content (AvgIpc) is 2.97. The monoisotopic (exact) mass is 180 g/mol. The number of carboxylic acids is 1. The lowest BCUT2D eigenvalue weighted by atomic mass is 9.76. The van der Waals surface area contributed by atoms with Crippen LogP contribution >= 0.6 is 0 Å². The van der Waals surface area contributed by atoms with Crippen LogP contribution in [-0.2, 0) is 4.79 Å². The molecule has 0 bridgehead atoms. The van der Waals surface area contributed by atoms with E-state index in [4.69, 9.17) is 5.11 Å². The topological polar surface area (TPSA) is 37.3 Å². The Morgan fingerprint density at radius 3 is 2.31 bits per heavy atom. The number of hydrogen-bond acceptors (Lipinski definition) is 1. The van der Waals surface area contributed by atoms with Crippen LogP contribution in [0.15, 0.2) is 0 Å². The molecule has 0 aliphatic heterocycles. The summed E-state index contributed by atoms with van der Waals surface area (Å²) < 4.78 is 0. The van der Waals surface area contributed by atoms with E-state index in [9.17, 15) is 4.79 Å². The minimum atomic E-state index is -0.526. The van der Waals surface area contributed by atoms with Crippen molar-refractivity contribution in [1.82, 2.24) is 0 Å². The van der Waals surface area contributed by atoms with Crippen LogP contribution in [0.1, 0.15) is 32.1 Å². The van der Waals surface area contributed by atoms with E-state index >= 15 is 0 Å². The summed E-state index contributed by atoms with van der Waals surface area (Å²) in [5.74, 6) is 2.51. The third-order valence-electron chi connectivity index (χ3n) is 4.26. The summed E-state index contributed by atoms with van der Waals surface area (Å²) >= 11 is 0. The van der Waals surface area contributed by atoms with Gasteiger partial charge in [-0.3, -0.25) is 4.79 Å². The Balaban J connectivity index is 1.76. The fraction of sp³-hybridized carbons (Fsp3) is 0.909. The molecular formula is C11H16O2. The number of fused-ring (bicyclic) bond motifs is 1. The van der Waals surface area contributed by atoms with Gasteiger partial charge >= 0.3 is 5.97 Å². The SMILES string of the molecule is O=C(O)C1CC2CC2CC1C1CC1. The molecule has 0 radical (unpaired) electrons. The summed E-state index contributed by atoms with van der Waals surface area (Å²) in [4.78, 5) is 11.1. The van der Waals surface area contributed by atoms with Crippen LogP contribution in [-0.4, -0.2) is 11.1 Å². The van der Waals surface area contributed by atoms with Gasteiger partial charge in [0.1, 0.15) is 0 Å². The van der Waals surface area contributed by atoms with Crippen molar-refractivity contribution in [3.8, 4) is 0 Å². The molecule has 0 aromatic rings. The molecule has 3 aliphatic rings. The Labute approximate surface area is 78.3 Å². The molecule has 0 aromatic carbocycles. The van der Waals surface area contributed by atoms with Crippen molar-refractivity contribution in [3.63, 3.8) is 0 Å². The van der Waals surface area contributed by atoms with E-state index in [-0.39, 0.29) is 5.92 Å². The van der Waals surface area contributed by atoms with Gasteiger partial charge in [0.2, 0.25) is 0 Å². The summed E-state index contributed by atoms with van der Waals surface area (Å²) in [6.45, 7) is 0. The highest BCUT2D eigenvalue weighted by atomic mass is 16.4. The Morgan fingerprint density at radius 1 is 1.00 bits per heavy atom. The molecule has 0 heterocycles. The fourth-order valence-electron chi connectivity index (χ4n) is 3.23. The summed E-state index contributed by atoms with van der Waals surface area (Å²) in [6, 6.07) is 0. The normalized spacial score (nSPS) is 48.3. The standard InChI is InChI=1S/C11H16O2/c12-11(13)10-5-8-3-7(8)4-9(10)6-1-2-6/h6-10H,1-5H2,(H,12,13). The maximum Gasteiger partial charge on any atom is 0.306 e. The van der Waals surface area contributed by atoms with E-state index in [0.29, 0.717) is 5.92 Å². The minimum Gasteiger partial charge on any atom is -0.481 e. The van der Waals surface area contributed by atoms with Gasteiger partial charge in [-0.05, 0) is 55.8 Å². The van der Waals surface area contributed by atoms with Crippen molar-refractivity contribution in [2.45, 2.75) is 32.1 Å². The number of hydrogen-bond donors (Lipinski definition) is 1. The lowest BCUT2D eigenvalue weighted by Crippen LogP contribution is -2.29. The van der Waals surface area contributed by atoms with Crippen molar-refractivity contribution >= 4 is 5.97 Å². The molecule has 1 N–H and O–H groups in total. The van der Waals surface area contributed by atoms with Crippen molar-refractivity contribution in [1.29, 1.82) is 0 Å². The Morgan fingerprint density at radius 2 is 1.69 bits per heavy atom. The molecule has 4 unspecified atom stereocenters. The van der Waals surface area contributed by atoms with E-state index in [2.05, 4.69) is 0 Å². The third-order valence-corrected chi connectivity index (χ3v) is 4.26. The van der Waals surface area contributed by atoms with Gasteiger partial charge in [-0.25, -0.2) is 0 Å². The zero-order chi connectivity index (χ0) is 9.00. The molecule has 0 aromatic heterocycles. The number of rotatable bonds is 2. The van der Waals surface area contributed by atoms with Gasteiger partial charge in [-0.15, -0.1) is 0 Å². The predicted octanol–water partition coefficient (Wildman–Crippen LogP) is 2.14. The summed E-state index contributed by atoms with van der Waals surface area (Å²) in [6.07, 6.45) is 6.14. The molecular weight excluding hydrogens is 164 g/mol. The van der Waals surface area contributed by atoms with Gasteiger partial charge in [0.05, 0.1) is 5.92 Å². The van der Waals surface area contributed by atoms with Crippen LogP contribution in [0.4, 0.5) is 0 Å². The van der Waals surface area contributed by atoms with Crippen LogP contribution in [0.25, 0.3) is 0 Å². The predicted molar refractivity (Wildman–Crippen MR) is 48.2 cm³/mol. The smallest absolute Gasteiger partial charge is 0.306 e. The van der Waals surface area contributed by atoms with Crippen LogP contribution in [0, 0.1) is 29.6 Å². The Bertz CT molecular complexity index is 244. The molecule has 3 aliphatic carbocycles. The fourth-order valence-corrected chi connectivity index (χ4v) is 3.23. The number of carboxylic acid groups (broad SMARTS) is 1. The Hall–Kier alpha value is -0.530. The zero-order valence-corrected chi connectivity index (χ0v) is 7.78. The first-order valence-corrected chi connectivity index (χ1v) is 5.48. The van der Waals surface area contributed by atoms with Gasteiger partial charge in [-0.2, -0.15) is 0 Å². The highest BCUT2D eigenvalue weighted by Crippen LogP contribution is 2.58. The Kier molecular flexibility index (Phi) is 1.50. The maximum atomic E-state index is 11.1. The molecule has 0 spiro atoms. The van der Waals surface area contributed by atoms with Crippen LogP contribution in [0.5, 0.6) is 0 Å². The van der Waals surface area contributed by atoms with Crippen molar-refractivity contribution in [2.75, 3.05) is 0 Å². The minimum absolute atomic E-state index is 0.0104. The average molecular weight is 180 g/mol. The van der Waals surface area contributed by atoms with Gasteiger partial charge in [0.25, 0.3) is 0 Å². The second kappa shape index (κ2) is 2.49. The van der Waals surface area contributed by atoms with Gasteiger partial charge < -0.3 is 5.11 Å². The van der Waals surface area contributed by atoms with Crippen molar-refractivity contribution in [2.24, 2.45) is 29.6 Å². The summed E-state index contributed by atoms with van der Waals surface area (Å²) in [5, 5.41) is 9.12. The first-order chi connectivity index (χ1) is 6.25. The lowest BCUT2D eigenvalue weighted by Gasteiger charge is -2.27. The van der Waals surface area contributed by atoms with Crippen molar-refractivity contribution < 1.29 is 9.90 Å². The van der Waals surface area contributed by atoms with Crippen LogP contribution in [0.3, 0.4) is 0 Å². The summed E-state index contributed by atoms with van der Waals surface area (Å²) in [5.41, 5.74) is 0. The molecule has 3 fully saturated rings. The highest BCUT2D eigenvalue weighted by Gasteiger charge is 2.52. The molecule has 2 nitrogen and oxygen atoms in total. The number of carbonyl (C=O) groups is 1. The van der Waals surface area contributed by atoms with Gasteiger partial charge in [-0.1, -0.05) is 0 Å². The van der Waals surface area contributed by atoms with E-state index in [1.807, 2.05) is 0 Å². The second-order valence-corrected chi connectivity index (χ2v) is 5.17. The molecule has 3 saturated carbocycles. The van der Waals surface area contributed by atoms with E-state index in [1.165, 1.54) is 25.7 Å². The molecule has 0 amide bonds. The lowest BCUT2D eigenvalue weighted by molar-refractivity contribution is -0.145. The van der Waals surface area contributed by atoms with Gasteiger partial charge in [0.15, 0.2) is 0 Å². The third kappa shape index (κ3) is 1.27. The molecule has 13 heavy (non-hydrogen) atoms. The molecule has 2 heteroatoms. The van der Waals surface area contributed by atoms with E-state index < -0.39 is 5.97 Å². The molecule has 3 rings (SSSR count). The first kappa shape index (κ1) is 7.84. The maximum absolute atomic E-state index is 11.1. The quantitative estimate of drug-likeness (QED) is 0.707. The largest absolute Gasteiger partial charge is 0.481 e. The first-order valence-electron chi connectivity index (χ1n) is 5.48. The zero-order valence-electron chi connectivity index (χ0n) is 7.78. The van der Waals surface area contributed by atoms with Gasteiger partial charge in [0, 0.05) is 0 Å². The van der Waals surface area contributed by atoms with E-state index in [0.717, 1.165) is 24.2 Å². The summed E-state index contributed by atoms with van der Waals surface area (Å²) in [7, 11) is 0. The highest BCUT2D eigenvalue weighted by molar-refractivity contribution is 5.70. The molecule has 72 valence electrons. The second-order valence-electron chi connectivity index (χ2n) is 5.17. The van der Waals surface area contributed by atoms with Crippen molar-refractivity contribution in [3.05, 3.63) is 0 Å². The number of aliphatic carboxylic acids is 1. The van der Waals surface area contributed by atoms with Crippen LogP contribution < -0.4 is 0 Å². The molecule has 0 saturated heterocycles. The van der Waals surface area contributed by atoms with Crippen LogP contribution in [0.2, 0.25) is 0 Å². The molecule has 4 atom stereocenters. The van der Waals surface area contributed by atoms with E-state index in [1.54, 1.807) is 0 Å².